The maximum absolute atomic E-state index is 13.9. The van der Waals surface area contributed by atoms with Gasteiger partial charge in [-0.25, -0.2) is 4.39 Å². The van der Waals surface area contributed by atoms with Crippen molar-refractivity contribution in [1.82, 2.24) is 10.2 Å². The number of hydrogen-bond donors (Lipinski definition) is 2. The van der Waals surface area contributed by atoms with Gasteiger partial charge in [-0.2, -0.15) is 5.10 Å². The van der Waals surface area contributed by atoms with Gasteiger partial charge in [-0.05, 0) is 23.8 Å². The van der Waals surface area contributed by atoms with Gasteiger partial charge in [0, 0.05) is 5.56 Å². The molecule has 0 bridgehead atoms. The molecule has 0 fully saturated rings. The second-order valence-corrected chi connectivity index (χ2v) is 4.57. The smallest absolute Gasteiger partial charge is 0.165 e. The molecule has 0 unspecified atom stereocenters. The molecule has 0 radical (unpaired) electrons. The van der Waals surface area contributed by atoms with E-state index in [1.807, 2.05) is 30.3 Å². The SMILES string of the molecule is COc1ccc(-c2[nH]nc(N)c2-c2ccccc2)cc1F. The van der Waals surface area contributed by atoms with Gasteiger partial charge in [0.25, 0.3) is 0 Å². The van der Waals surface area contributed by atoms with Gasteiger partial charge in [-0.1, -0.05) is 30.3 Å². The van der Waals surface area contributed by atoms with Crippen molar-refractivity contribution in [3.8, 4) is 28.1 Å². The highest BCUT2D eigenvalue weighted by Crippen LogP contribution is 2.35. The van der Waals surface area contributed by atoms with Crippen LogP contribution >= 0.6 is 0 Å². The van der Waals surface area contributed by atoms with Gasteiger partial charge >= 0.3 is 0 Å². The number of aromatic amines is 1. The minimum atomic E-state index is -0.429. The molecule has 1 heterocycles. The molecule has 1 aromatic heterocycles. The summed E-state index contributed by atoms with van der Waals surface area (Å²) >= 11 is 0. The summed E-state index contributed by atoms with van der Waals surface area (Å²) in [6, 6.07) is 14.4. The quantitative estimate of drug-likeness (QED) is 0.773. The van der Waals surface area contributed by atoms with E-state index in [1.165, 1.54) is 13.2 Å². The number of nitrogen functional groups attached to an aromatic ring is 1. The average Bonchev–Trinajstić information content (AvgIpc) is 2.90. The normalized spacial score (nSPS) is 10.6. The molecule has 0 aliphatic heterocycles. The summed E-state index contributed by atoms with van der Waals surface area (Å²) in [4.78, 5) is 0. The second kappa shape index (κ2) is 5.28. The number of ether oxygens (including phenoxy) is 1. The summed E-state index contributed by atoms with van der Waals surface area (Å²) in [6.07, 6.45) is 0. The first-order valence-corrected chi connectivity index (χ1v) is 6.44. The lowest BCUT2D eigenvalue weighted by atomic mass is 10.0. The molecule has 0 saturated carbocycles. The molecule has 0 aliphatic rings. The number of anilines is 1. The van der Waals surface area contributed by atoms with Crippen LogP contribution in [0.5, 0.6) is 5.75 Å². The van der Waals surface area contributed by atoms with Crippen molar-refractivity contribution in [2.24, 2.45) is 0 Å². The first kappa shape index (κ1) is 13.2. The molecule has 0 atom stereocenters. The number of benzene rings is 2. The van der Waals surface area contributed by atoms with Crippen molar-refractivity contribution in [1.29, 1.82) is 0 Å². The van der Waals surface area contributed by atoms with E-state index in [-0.39, 0.29) is 5.75 Å². The number of hydrogen-bond acceptors (Lipinski definition) is 3. The maximum Gasteiger partial charge on any atom is 0.165 e. The topological polar surface area (TPSA) is 63.9 Å². The van der Waals surface area contributed by atoms with Crippen LogP contribution in [-0.4, -0.2) is 17.3 Å². The van der Waals surface area contributed by atoms with Crippen LogP contribution in [0, 0.1) is 5.82 Å². The fraction of sp³-hybridized carbons (Fsp3) is 0.0625. The molecule has 21 heavy (non-hydrogen) atoms. The standard InChI is InChI=1S/C16H14FN3O/c1-21-13-8-7-11(9-12(13)17)15-14(16(18)20-19-15)10-5-3-2-4-6-10/h2-9H,1H3,(H3,18,19,20). The molecule has 3 rings (SSSR count). The Morgan fingerprint density at radius 3 is 2.52 bits per heavy atom. The maximum atomic E-state index is 13.9. The van der Waals surface area contributed by atoms with Gasteiger partial charge < -0.3 is 10.5 Å². The lowest BCUT2D eigenvalue weighted by Crippen LogP contribution is -1.91. The molecular weight excluding hydrogens is 269 g/mol. The second-order valence-electron chi connectivity index (χ2n) is 4.57. The van der Waals surface area contributed by atoms with Crippen LogP contribution in [0.3, 0.4) is 0 Å². The van der Waals surface area contributed by atoms with Crippen LogP contribution in [0.15, 0.2) is 48.5 Å². The Kier molecular flexibility index (Phi) is 3.31. The van der Waals surface area contributed by atoms with Gasteiger partial charge in [-0.3, -0.25) is 5.10 Å². The number of methoxy groups -OCH3 is 1. The number of nitrogens with zero attached hydrogens (tertiary/aromatic N) is 1. The zero-order chi connectivity index (χ0) is 14.8. The summed E-state index contributed by atoms with van der Waals surface area (Å²) in [6.45, 7) is 0. The molecule has 106 valence electrons. The zero-order valence-electron chi connectivity index (χ0n) is 11.4. The number of H-pyrrole nitrogens is 1. The summed E-state index contributed by atoms with van der Waals surface area (Å²) in [7, 11) is 1.43. The van der Waals surface area contributed by atoms with E-state index in [2.05, 4.69) is 10.2 Å². The monoisotopic (exact) mass is 283 g/mol. The van der Waals surface area contributed by atoms with E-state index in [9.17, 15) is 4.39 Å². The summed E-state index contributed by atoms with van der Waals surface area (Å²) < 4.78 is 18.8. The van der Waals surface area contributed by atoms with Crippen molar-refractivity contribution in [3.63, 3.8) is 0 Å². The van der Waals surface area contributed by atoms with Crippen LogP contribution in [0.25, 0.3) is 22.4 Å². The number of rotatable bonds is 3. The molecular formula is C16H14FN3O. The third kappa shape index (κ3) is 2.33. The minimum Gasteiger partial charge on any atom is -0.494 e. The third-order valence-corrected chi connectivity index (χ3v) is 3.30. The van der Waals surface area contributed by atoms with Gasteiger partial charge in [0.2, 0.25) is 0 Å². The van der Waals surface area contributed by atoms with Crippen molar-refractivity contribution < 1.29 is 9.13 Å². The molecule has 0 aliphatic carbocycles. The van der Waals surface area contributed by atoms with Gasteiger partial charge in [-0.15, -0.1) is 0 Å². The van der Waals surface area contributed by atoms with Crippen molar-refractivity contribution in [2.45, 2.75) is 0 Å². The van der Waals surface area contributed by atoms with Crippen LogP contribution in [-0.2, 0) is 0 Å². The summed E-state index contributed by atoms with van der Waals surface area (Å²) in [5.41, 5.74) is 8.98. The molecule has 5 heteroatoms. The van der Waals surface area contributed by atoms with Crippen molar-refractivity contribution in [3.05, 3.63) is 54.3 Å². The third-order valence-electron chi connectivity index (χ3n) is 3.30. The van der Waals surface area contributed by atoms with Crippen LogP contribution in [0.2, 0.25) is 0 Å². The Bertz CT molecular complexity index is 768. The van der Waals surface area contributed by atoms with E-state index in [0.29, 0.717) is 17.1 Å². The highest BCUT2D eigenvalue weighted by atomic mass is 19.1. The highest BCUT2D eigenvalue weighted by molar-refractivity contribution is 5.87. The number of aromatic nitrogens is 2. The Hall–Kier alpha value is -2.82. The van der Waals surface area contributed by atoms with E-state index in [1.54, 1.807) is 12.1 Å². The Balaban J connectivity index is 2.14. The molecule has 0 amide bonds. The molecule has 0 spiro atoms. The lowest BCUT2D eigenvalue weighted by molar-refractivity contribution is 0.386. The molecule has 4 nitrogen and oxygen atoms in total. The average molecular weight is 283 g/mol. The summed E-state index contributed by atoms with van der Waals surface area (Å²) in [5.74, 6) is 0.155. The van der Waals surface area contributed by atoms with Crippen molar-refractivity contribution >= 4 is 5.82 Å². The van der Waals surface area contributed by atoms with E-state index in [0.717, 1.165) is 11.1 Å². The number of nitrogens with one attached hydrogen (secondary N) is 1. The number of halogens is 1. The van der Waals surface area contributed by atoms with Gasteiger partial charge in [0.1, 0.15) is 0 Å². The molecule has 2 aromatic carbocycles. The van der Waals surface area contributed by atoms with E-state index < -0.39 is 5.82 Å². The fourth-order valence-electron chi connectivity index (χ4n) is 2.28. The Morgan fingerprint density at radius 2 is 1.86 bits per heavy atom. The minimum absolute atomic E-state index is 0.201. The van der Waals surface area contributed by atoms with Gasteiger partial charge in [0.15, 0.2) is 17.4 Å². The van der Waals surface area contributed by atoms with Gasteiger partial charge in [0.05, 0.1) is 18.4 Å². The zero-order valence-corrected chi connectivity index (χ0v) is 11.4. The molecule has 0 saturated heterocycles. The lowest BCUT2D eigenvalue weighted by Gasteiger charge is -2.07. The molecule has 3 N–H and O–H groups in total. The molecule has 3 aromatic rings. The Labute approximate surface area is 121 Å². The van der Waals surface area contributed by atoms with Crippen molar-refractivity contribution in [2.75, 3.05) is 12.8 Å². The predicted molar refractivity (Wildman–Crippen MR) is 80.4 cm³/mol. The number of nitrogens with two attached hydrogens (primary N) is 1. The first-order valence-electron chi connectivity index (χ1n) is 6.44. The summed E-state index contributed by atoms with van der Waals surface area (Å²) in [5, 5.41) is 6.91. The van der Waals surface area contributed by atoms with Crippen LogP contribution in [0.4, 0.5) is 10.2 Å². The first-order chi connectivity index (χ1) is 10.2. The van der Waals surface area contributed by atoms with E-state index >= 15 is 0 Å². The predicted octanol–water partition coefficient (Wildman–Crippen LogP) is 3.47. The van der Waals surface area contributed by atoms with E-state index in [4.69, 9.17) is 10.5 Å². The van der Waals surface area contributed by atoms with Crippen LogP contribution in [0.1, 0.15) is 0 Å². The van der Waals surface area contributed by atoms with Crippen LogP contribution < -0.4 is 10.5 Å². The largest absolute Gasteiger partial charge is 0.494 e. The Morgan fingerprint density at radius 1 is 1.10 bits per heavy atom. The highest BCUT2D eigenvalue weighted by Gasteiger charge is 2.16. The fourth-order valence-corrected chi connectivity index (χ4v) is 2.28.